The summed E-state index contributed by atoms with van der Waals surface area (Å²) in [6, 6.07) is 12.6. The Hall–Kier alpha value is -1.83. The number of thiophene rings is 1. The molecular formula is C22H25N3OS3. The zero-order valence-corrected chi connectivity index (χ0v) is 18.7. The van der Waals surface area contributed by atoms with E-state index in [-0.39, 0.29) is 5.91 Å². The average Bonchev–Trinajstić information content (AvgIpc) is 3.34. The molecule has 0 atom stereocenters. The van der Waals surface area contributed by atoms with Gasteiger partial charge in [0.15, 0.2) is 5.13 Å². The van der Waals surface area contributed by atoms with Crippen LogP contribution in [-0.4, -0.2) is 29.7 Å². The van der Waals surface area contributed by atoms with E-state index in [1.54, 1.807) is 22.7 Å². The SMILES string of the molecule is O=C(Cc1cccs1)NCCCCCNc1nc2c(s1)CCSc1ccccc1-2. The fraction of sp³-hybridized carbons (Fsp3) is 0.364. The Morgan fingerprint density at radius 1 is 1.07 bits per heavy atom. The van der Waals surface area contributed by atoms with Crippen molar-refractivity contribution in [3.05, 3.63) is 51.5 Å². The van der Waals surface area contributed by atoms with E-state index in [0.717, 1.165) is 60.2 Å². The van der Waals surface area contributed by atoms with Gasteiger partial charge < -0.3 is 10.6 Å². The van der Waals surface area contributed by atoms with E-state index < -0.39 is 0 Å². The maximum Gasteiger partial charge on any atom is 0.225 e. The second-order valence-corrected chi connectivity index (χ2v) is 10.2. The number of nitrogens with zero attached hydrogens (tertiary/aromatic N) is 1. The van der Waals surface area contributed by atoms with Crippen molar-refractivity contribution in [2.24, 2.45) is 0 Å². The highest BCUT2D eigenvalue weighted by molar-refractivity contribution is 7.99. The largest absolute Gasteiger partial charge is 0.361 e. The van der Waals surface area contributed by atoms with E-state index in [1.807, 2.05) is 29.3 Å². The van der Waals surface area contributed by atoms with Crippen molar-refractivity contribution < 1.29 is 4.79 Å². The molecule has 0 saturated carbocycles. The minimum Gasteiger partial charge on any atom is -0.361 e. The highest BCUT2D eigenvalue weighted by atomic mass is 32.2. The lowest BCUT2D eigenvalue weighted by molar-refractivity contribution is -0.120. The molecule has 0 aliphatic carbocycles. The molecule has 1 aliphatic rings. The van der Waals surface area contributed by atoms with Gasteiger partial charge in [-0.15, -0.1) is 34.4 Å². The number of thioether (sulfide) groups is 1. The van der Waals surface area contributed by atoms with Crippen LogP contribution in [0, 0.1) is 0 Å². The van der Waals surface area contributed by atoms with Crippen LogP contribution < -0.4 is 10.6 Å². The summed E-state index contributed by atoms with van der Waals surface area (Å²) in [6.45, 7) is 1.68. The van der Waals surface area contributed by atoms with Crippen LogP contribution in [0.3, 0.4) is 0 Å². The van der Waals surface area contributed by atoms with Gasteiger partial charge in [-0.25, -0.2) is 4.98 Å². The number of benzene rings is 1. The van der Waals surface area contributed by atoms with E-state index in [2.05, 4.69) is 34.9 Å². The van der Waals surface area contributed by atoms with Gasteiger partial charge in [-0.3, -0.25) is 4.79 Å². The third-order valence-corrected chi connectivity index (χ3v) is 7.82. The summed E-state index contributed by atoms with van der Waals surface area (Å²) in [4.78, 5) is 20.6. The van der Waals surface area contributed by atoms with Crippen molar-refractivity contribution in [1.29, 1.82) is 0 Å². The van der Waals surface area contributed by atoms with Crippen LogP contribution in [-0.2, 0) is 17.6 Å². The molecule has 7 heteroatoms. The number of unbranched alkanes of at least 4 members (excludes halogenated alkanes) is 2. The number of carbonyl (C=O) groups is 1. The van der Waals surface area contributed by atoms with Gasteiger partial charge in [0.05, 0.1) is 12.1 Å². The molecule has 2 aromatic heterocycles. The molecule has 0 spiro atoms. The Kier molecular flexibility index (Phi) is 7.24. The van der Waals surface area contributed by atoms with E-state index in [1.165, 1.54) is 15.3 Å². The number of hydrogen-bond donors (Lipinski definition) is 2. The third-order valence-electron chi connectivity index (χ3n) is 4.79. The summed E-state index contributed by atoms with van der Waals surface area (Å²) in [5.41, 5.74) is 2.43. The Labute approximate surface area is 184 Å². The molecule has 0 fully saturated rings. The lowest BCUT2D eigenvalue weighted by atomic mass is 10.1. The second kappa shape index (κ2) is 10.3. The molecule has 2 N–H and O–H groups in total. The number of amides is 1. The van der Waals surface area contributed by atoms with Crippen molar-refractivity contribution in [1.82, 2.24) is 10.3 Å². The predicted octanol–water partition coefficient (Wildman–Crippen LogP) is 5.46. The monoisotopic (exact) mass is 443 g/mol. The molecule has 3 heterocycles. The first-order chi connectivity index (χ1) is 14.3. The molecule has 4 nitrogen and oxygen atoms in total. The van der Waals surface area contributed by atoms with Crippen molar-refractivity contribution in [2.75, 3.05) is 24.2 Å². The molecular weight excluding hydrogens is 418 g/mol. The van der Waals surface area contributed by atoms with Crippen molar-refractivity contribution in [2.45, 2.75) is 37.0 Å². The third kappa shape index (κ3) is 5.62. The van der Waals surface area contributed by atoms with Gasteiger partial charge in [-0.2, -0.15) is 0 Å². The number of thiazole rings is 1. The van der Waals surface area contributed by atoms with Gasteiger partial charge in [0.1, 0.15) is 0 Å². The number of nitrogens with one attached hydrogen (secondary N) is 2. The Bertz CT molecular complexity index is 937. The Morgan fingerprint density at radius 2 is 1.97 bits per heavy atom. The van der Waals surface area contributed by atoms with Crippen LogP contribution in [0.5, 0.6) is 0 Å². The molecule has 3 aromatic rings. The zero-order chi connectivity index (χ0) is 19.9. The van der Waals surface area contributed by atoms with E-state index >= 15 is 0 Å². The lowest BCUT2D eigenvalue weighted by Crippen LogP contribution is -2.25. The summed E-state index contributed by atoms with van der Waals surface area (Å²) in [5.74, 6) is 1.23. The second-order valence-electron chi connectivity index (χ2n) is 6.98. The van der Waals surface area contributed by atoms with Crippen LogP contribution in [0.1, 0.15) is 29.0 Å². The molecule has 29 heavy (non-hydrogen) atoms. The molecule has 0 saturated heterocycles. The first-order valence-corrected chi connectivity index (χ1v) is 12.7. The standard InChI is InChI=1S/C22H25N3OS3/c26-20(15-16-7-6-13-27-16)23-11-4-1-5-12-24-22-25-21-17-8-2-3-9-18(17)28-14-10-19(21)29-22/h2-3,6-9,13H,1,4-5,10-12,14-15H2,(H,23,26)(H,24,25). The van der Waals surface area contributed by atoms with Gasteiger partial charge >= 0.3 is 0 Å². The summed E-state index contributed by atoms with van der Waals surface area (Å²) >= 11 is 5.35. The van der Waals surface area contributed by atoms with E-state index in [9.17, 15) is 4.79 Å². The van der Waals surface area contributed by atoms with Crippen LogP contribution in [0.2, 0.25) is 0 Å². The fourth-order valence-electron chi connectivity index (χ4n) is 3.33. The molecule has 1 aromatic carbocycles. The zero-order valence-electron chi connectivity index (χ0n) is 16.3. The molecule has 1 aliphatic heterocycles. The van der Waals surface area contributed by atoms with Gasteiger partial charge in [0, 0.05) is 39.1 Å². The summed E-state index contributed by atoms with van der Waals surface area (Å²) in [5, 5.41) is 9.55. The summed E-state index contributed by atoms with van der Waals surface area (Å²) < 4.78 is 0. The van der Waals surface area contributed by atoms with Crippen molar-refractivity contribution >= 4 is 45.5 Å². The van der Waals surface area contributed by atoms with Crippen LogP contribution in [0.4, 0.5) is 5.13 Å². The number of rotatable bonds is 9. The van der Waals surface area contributed by atoms with Crippen LogP contribution in [0.15, 0.2) is 46.7 Å². The van der Waals surface area contributed by atoms with E-state index in [4.69, 9.17) is 4.98 Å². The predicted molar refractivity (Wildman–Crippen MR) is 125 cm³/mol. The van der Waals surface area contributed by atoms with Crippen molar-refractivity contribution in [3.8, 4) is 11.3 Å². The first-order valence-electron chi connectivity index (χ1n) is 10.0. The maximum atomic E-state index is 11.9. The Balaban J connectivity index is 1.16. The topological polar surface area (TPSA) is 54.0 Å². The first kappa shape index (κ1) is 20.4. The van der Waals surface area contributed by atoms with Crippen LogP contribution in [0.25, 0.3) is 11.3 Å². The highest BCUT2D eigenvalue weighted by Gasteiger charge is 2.19. The smallest absolute Gasteiger partial charge is 0.225 e. The van der Waals surface area contributed by atoms with Gasteiger partial charge in [0.25, 0.3) is 0 Å². The molecule has 0 radical (unpaired) electrons. The number of aryl methyl sites for hydroxylation is 1. The number of fused-ring (bicyclic) bond motifs is 3. The van der Waals surface area contributed by atoms with Gasteiger partial charge in [0.2, 0.25) is 5.91 Å². The normalized spacial score (nSPS) is 12.7. The average molecular weight is 444 g/mol. The van der Waals surface area contributed by atoms with Gasteiger partial charge in [-0.05, 0) is 43.2 Å². The summed E-state index contributed by atoms with van der Waals surface area (Å²) in [7, 11) is 0. The Morgan fingerprint density at radius 3 is 2.86 bits per heavy atom. The quantitative estimate of drug-likeness (QED) is 0.431. The fourth-order valence-corrected chi connectivity index (χ4v) is 6.19. The maximum absolute atomic E-state index is 11.9. The van der Waals surface area contributed by atoms with E-state index in [0.29, 0.717) is 6.42 Å². The molecule has 0 unspecified atom stereocenters. The summed E-state index contributed by atoms with van der Waals surface area (Å²) in [6.07, 6.45) is 4.76. The molecule has 1 amide bonds. The number of hydrogen-bond acceptors (Lipinski definition) is 6. The minimum atomic E-state index is 0.119. The number of carbonyl (C=O) groups excluding carboxylic acids is 1. The minimum absolute atomic E-state index is 0.119. The molecule has 152 valence electrons. The highest BCUT2D eigenvalue weighted by Crippen LogP contribution is 2.40. The van der Waals surface area contributed by atoms with Crippen molar-refractivity contribution in [3.63, 3.8) is 0 Å². The molecule has 0 bridgehead atoms. The van der Waals surface area contributed by atoms with Crippen LogP contribution >= 0.6 is 34.4 Å². The number of aromatic nitrogens is 1. The van der Waals surface area contributed by atoms with Gasteiger partial charge in [-0.1, -0.05) is 24.3 Å². The number of anilines is 1. The molecule has 4 rings (SSSR count). The lowest BCUT2D eigenvalue weighted by Gasteiger charge is -2.05.